The van der Waals surface area contributed by atoms with Crippen molar-refractivity contribution in [3.63, 3.8) is 0 Å². The van der Waals surface area contributed by atoms with E-state index in [2.05, 4.69) is 12.1 Å². The van der Waals surface area contributed by atoms with Crippen molar-refractivity contribution in [2.45, 2.75) is 39.5 Å². The number of hydrogen-bond donors (Lipinski definition) is 1. The molecule has 0 saturated carbocycles. The summed E-state index contributed by atoms with van der Waals surface area (Å²) in [4.78, 5) is 2.42. The Hall–Kier alpha value is -0.420. The van der Waals surface area contributed by atoms with Crippen LogP contribution in [0.5, 0.6) is 0 Å². The molecule has 1 heterocycles. The van der Waals surface area contributed by atoms with Gasteiger partial charge in [0.25, 0.3) is 0 Å². The molecule has 92 valence electrons. The van der Waals surface area contributed by atoms with Crippen molar-refractivity contribution in [3.05, 3.63) is 21.9 Å². The van der Waals surface area contributed by atoms with Gasteiger partial charge in [-0.1, -0.05) is 0 Å². The molecule has 0 unspecified atom stereocenters. The molecule has 0 radical (unpaired) electrons. The van der Waals surface area contributed by atoms with E-state index in [1.807, 2.05) is 20.8 Å². The number of ether oxygens (including phenoxy) is 2. The minimum absolute atomic E-state index is 0.0843. The molecule has 0 fully saturated rings. The van der Waals surface area contributed by atoms with E-state index in [0.717, 1.165) is 0 Å². The molecule has 0 atom stereocenters. The van der Waals surface area contributed by atoms with Gasteiger partial charge >= 0.3 is 0 Å². The molecule has 1 aromatic heterocycles. The average Bonchev–Trinajstić information content (AvgIpc) is 2.63. The van der Waals surface area contributed by atoms with Gasteiger partial charge in [-0.05, 0) is 32.9 Å². The summed E-state index contributed by atoms with van der Waals surface area (Å²) in [6.07, 6.45) is 0. The van der Waals surface area contributed by atoms with E-state index in [0.29, 0.717) is 26.4 Å². The zero-order valence-electron chi connectivity index (χ0n) is 10.3. The summed E-state index contributed by atoms with van der Waals surface area (Å²) in [5.74, 6) is 0. The lowest BCUT2D eigenvalue weighted by Crippen LogP contribution is -2.21. The van der Waals surface area contributed by atoms with Gasteiger partial charge in [-0.25, -0.2) is 0 Å². The third kappa shape index (κ3) is 5.61. The Morgan fingerprint density at radius 3 is 2.44 bits per heavy atom. The van der Waals surface area contributed by atoms with E-state index in [1.165, 1.54) is 9.75 Å². The Kier molecular flexibility index (Phi) is 5.41. The molecular weight excluding hydrogens is 222 g/mol. The summed E-state index contributed by atoms with van der Waals surface area (Å²) >= 11 is 1.71. The van der Waals surface area contributed by atoms with Crippen LogP contribution >= 0.6 is 11.3 Å². The van der Waals surface area contributed by atoms with Crippen LogP contribution in [0.1, 0.15) is 30.5 Å². The molecule has 0 aliphatic rings. The van der Waals surface area contributed by atoms with Crippen molar-refractivity contribution < 1.29 is 9.47 Å². The lowest BCUT2D eigenvalue weighted by atomic mass is 10.2. The largest absolute Gasteiger partial charge is 0.374 e. The van der Waals surface area contributed by atoms with Gasteiger partial charge in [0.05, 0.1) is 25.4 Å². The Morgan fingerprint density at radius 1 is 1.19 bits per heavy atom. The highest BCUT2D eigenvalue weighted by molar-refractivity contribution is 7.11. The van der Waals surface area contributed by atoms with Crippen molar-refractivity contribution in [3.8, 4) is 0 Å². The van der Waals surface area contributed by atoms with Crippen LogP contribution in [0.3, 0.4) is 0 Å². The van der Waals surface area contributed by atoms with E-state index < -0.39 is 0 Å². The minimum atomic E-state index is -0.0843. The van der Waals surface area contributed by atoms with Gasteiger partial charge in [0.15, 0.2) is 0 Å². The predicted octanol–water partition coefficient (Wildman–Crippen LogP) is 2.54. The summed E-state index contributed by atoms with van der Waals surface area (Å²) in [5.41, 5.74) is 5.45. The number of nitrogens with two attached hydrogens (primary N) is 1. The van der Waals surface area contributed by atoms with Crippen LogP contribution in [0.25, 0.3) is 0 Å². The molecule has 3 nitrogen and oxygen atoms in total. The van der Waals surface area contributed by atoms with Gasteiger partial charge in [0.1, 0.15) is 0 Å². The standard InChI is InChI=1S/C12H21NO2S/c1-12(2,3)15-7-6-14-9-11-5-4-10(8-13)16-11/h4-5H,6-9,13H2,1-3H3. The van der Waals surface area contributed by atoms with Crippen LogP contribution in [0, 0.1) is 0 Å². The van der Waals surface area contributed by atoms with Crippen molar-refractivity contribution in [2.24, 2.45) is 5.73 Å². The predicted molar refractivity (Wildman–Crippen MR) is 67.6 cm³/mol. The fraction of sp³-hybridized carbons (Fsp3) is 0.667. The van der Waals surface area contributed by atoms with Crippen LogP contribution in [0.4, 0.5) is 0 Å². The Balaban J connectivity index is 2.11. The first kappa shape index (κ1) is 13.6. The summed E-state index contributed by atoms with van der Waals surface area (Å²) < 4.78 is 11.1. The van der Waals surface area contributed by atoms with Crippen molar-refractivity contribution in [1.82, 2.24) is 0 Å². The quantitative estimate of drug-likeness (QED) is 0.781. The third-order valence-corrected chi connectivity index (χ3v) is 3.01. The third-order valence-electron chi connectivity index (χ3n) is 1.93. The molecular formula is C12H21NO2S. The maximum absolute atomic E-state index is 5.55. The van der Waals surface area contributed by atoms with Crippen LogP contribution < -0.4 is 5.73 Å². The fourth-order valence-corrected chi connectivity index (χ4v) is 2.02. The second kappa shape index (κ2) is 6.35. The zero-order valence-corrected chi connectivity index (χ0v) is 11.1. The van der Waals surface area contributed by atoms with Crippen LogP contribution in [-0.4, -0.2) is 18.8 Å². The van der Waals surface area contributed by atoms with Crippen LogP contribution in [-0.2, 0) is 22.6 Å². The highest BCUT2D eigenvalue weighted by Crippen LogP contribution is 2.16. The van der Waals surface area contributed by atoms with Gasteiger partial charge < -0.3 is 15.2 Å². The SMILES string of the molecule is CC(C)(C)OCCOCc1ccc(CN)s1. The smallest absolute Gasteiger partial charge is 0.0810 e. The number of rotatable bonds is 6. The zero-order chi connectivity index (χ0) is 12.0. The molecule has 0 aliphatic carbocycles. The maximum Gasteiger partial charge on any atom is 0.0810 e. The van der Waals surface area contributed by atoms with Crippen LogP contribution in [0.15, 0.2) is 12.1 Å². The van der Waals surface area contributed by atoms with E-state index in [9.17, 15) is 0 Å². The van der Waals surface area contributed by atoms with Gasteiger partial charge in [-0.2, -0.15) is 0 Å². The molecule has 1 rings (SSSR count). The van der Waals surface area contributed by atoms with Gasteiger partial charge in [0, 0.05) is 16.3 Å². The molecule has 0 amide bonds. The van der Waals surface area contributed by atoms with Gasteiger partial charge in [-0.3, -0.25) is 0 Å². The first-order valence-corrected chi connectivity index (χ1v) is 6.32. The fourth-order valence-electron chi connectivity index (χ4n) is 1.19. The Labute approximate surface area is 102 Å². The second-order valence-electron chi connectivity index (χ2n) is 4.59. The average molecular weight is 243 g/mol. The first-order chi connectivity index (χ1) is 7.51. The first-order valence-electron chi connectivity index (χ1n) is 5.50. The summed E-state index contributed by atoms with van der Waals surface area (Å²) in [5, 5.41) is 0. The Bertz CT molecular complexity index is 304. The molecule has 0 saturated heterocycles. The summed E-state index contributed by atoms with van der Waals surface area (Å²) in [6, 6.07) is 4.12. The number of hydrogen-bond acceptors (Lipinski definition) is 4. The molecule has 0 spiro atoms. The summed E-state index contributed by atoms with van der Waals surface area (Å²) in [7, 11) is 0. The van der Waals surface area contributed by atoms with Crippen LogP contribution in [0.2, 0.25) is 0 Å². The van der Waals surface area contributed by atoms with E-state index in [-0.39, 0.29) is 5.60 Å². The lowest BCUT2D eigenvalue weighted by molar-refractivity contribution is -0.0373. The van der Waals surface area contributed by atoms with Crippen molar-refractivity contribution >= 4 is 11.3 Å². The van der Waals surface area contributed by atoms with Gasteiger partial charge in [0.2, 0.25) is 0 Å². The molecule has 4 heteroatoms. The topological polar surface area (TPSA) is 44.5 Å². The van der Waals surface area contributed by atoms with Crippen molar-refractivity contribution in [2.75, 3.05) is 13.2 Å². The monoisotopic (exact) mass is 243 g/mol. The van der Waals surface area contributed by atoms with E-state index >= 15 is 0 Å². The molecule has 2 N–H and O–H groups in total. The Morgan fingerprint density at radius 2 is 1.88 bits per heavy atom. The maximum atomic E-state index is 5.55. The molecule has 1 aromatic rings. The minimum Gasteiger partial charge on any atom is -0.374 e. The van der Waals surface area contributed by atoms with E-state index in [4.69, 9.17) is 15.2 Å². The van der Waals surface area contributed by atoms with E-state index in [1.54, 1.807) is 11.3 Å². The van der Waals surface area contributed by atoms with Gasteiger partial charge in [-0.15, -0.1) is 11.3 Å². The second-order valence-corrected chi connectivity index (χ2v) is 5.84. The normalized spacial score (nSPS) is 12.0. The molecule has 0 aliphatic heterocycles. The number of thiophene rings is 1. The highest BCUT2D eigenvalue weighted by atomic mass is 32.1. The molecule has 0 bridgehead atoms. The molecule has 16 heavy (non-hydrogen) atoms. The lowest BCUT2D eigenvalue weighted by Gasteiger charge is -2.19. The van der Waals surface area contributed by atoms with Crippen molar-refractivity contribution in [1.29, 1.82) is 0 Å². The summed E-state index contributed by atoms with van der Waals surface area (Å²) in [6.45, 7) is 8.65. The molecule has 0 aromatic carbocycles. The highest BCUT2D eigenvalue weighted by Gasteiger charge is 2.09.